The largest absolute Gasteiger partial charge is 0.348 e. The van der Waals surface area contributed by atoms with Crippen molar-refractivity contribution in [3.8, 4) is 0 Å². The molecule has 1 aliphatic heterocycles. The summed E-state index contributed by atoms with van der Waals surface area (Å²) in [5, 5.41) is 6.25. The molecule has 0 radical (unpaired) electrons. The lowest BCUT2D eigenvalue weighted by molar-refractivity contribution is 0.0956. The fourth-order valence-electron chi connectivity index (χ4n) is 2.19. The molecule has 0 saturated heterocycles. The van der Waals surface area contributed by atoms with Crippen LogP contribution in [0.3, 0.4) is 0 Å². The van der Waals surface area contributed by atoms with Crippen LogP contribution in [0.5, 0.6) is 0 Å². The van der Waals surface area contributed by atoms with Gasteiger partial charge in [-0.3, -0.25) is 4.79 Å². The molecular weight excluding hydrogens is 260 g/mol. The highest BCUT2D eigenvalue weighted by Gasteiger charge is 2.10. The van der Waals surface area contributed by atoms with Crippen LogP contribution >= 0.6 is 12.4 Å². The van der Waals surface area contributed by atoms with Gasteiger partial charge in [0.15, 0.2) is 0 Å². The van der Waals surface area contributed by atoms with Gasteiger partial charge in [-0.2, -0.15) is 0 Å². The molecule has 1 aromatic rings. The third-order valence-corrected chi connectivity index (χ3v) is 3.26. The Morgan fingerprint density at radius 3 is 2.79 bits per heavy atom. The van der Waals surface area contributed by atoms with Gasteiger partial charge in [0.05, 0.1) is 0 Å². The molecule has 0 spiro atoms. The summed E-state index contributed by atoms with van der Waals surface area (Å²) >= 11 is 0. The van der Waals surface area contributed by atoms with Crippen molar-refractivity contribution in [2.75, 3.05) is 19.6 Å². The number of benzene rings is 1. The first-order valence-electron chi connectivity index (χ1n) is 6.41. The number of rotatable bonds is 3. The van der Waals surface area contributed by atoms with Gasteiger partial charge in [-0.1, -0.05) is 29.3 Å². The van der Waals surface area contributed by atoms with Gasteiger partial charge in [-0.15, -0.1) is 12.4 Å². The van der Waals surface area contributed by atoms with E-state index < -0.39 is 0 Å². The van der Waals surface area contributed by atoms with Crippen molar-refractivity contribution in [3.63, 3.8) is 0 Å². The van der Waals surface area contributed by atoms with Crippen LogP contribution in [0, 0.1) is 13.8 Å². The van der Waals surface area contributed by atoms with Gasteiger partial charge in [0.25, 0.3) is 5.91 Å². The molecule has 3 nitrogen and oxygen atoms in total. The molecular formula is C15H21ClN2O. The highest BCUT2D eigenvalue weighted by atomic mass is 35.5. The lowest BCUT2D eigenvalue weighted by Gasteiger charge is -2.15. The predicted octanol–water partition coefficient (Wildman–Crippen LogP) is 2.37. The molecule has 4 heteroatoms. The Kier molecular flexibility index (Phi) is 6.06. The summed E-state index contributed by atoms with van der Waals surface area (Å²) in [6, 6.07) is 5.92. The Balaban J connectivity index is 0.00000180. The summed E-state index contributed by atoms with van der Waals surface area (Å²) in [6.45, 7) is 6.59. The maximum atomic E-state index is 12.1. The van der Waals surface area contributed by atoms with Crippen LogP contribution < -0.4 is 10.6 Å². The van der Waals surface area contributed by atoms with Crippen LogP contribution in [0.4, 0.5) is 0 Å². The van der Waals surface area contributed by atoms with E-state index in [-0.39, 0.29) is 18.3 Å². The fraction of sp³-hybridized carbons (Fsp3) is 0.400. The molecule has 2 rings (SSSR count). The van der Waals surface area contributed by atoms with Crippen LogP contribution in [0.1, 0.15) is 27.9 Å². The van der Waals surface area contributed by atoms with Crippen LogP contribution in [0.25, 0.3) is 0 Å². The monoisotopic (exact) mass is 280 g/mol. The summed E-state index contributed by atoms with van der Waals surface area (Å²) in [7, 11) is 0. The fourth-order valence-corrected chi connectivity index (χ4v) is 2.19. The molecule has 0 atom stereocenters. The minimum atomic E-state index is 0. The number of nitrogens with one attached hydrogen (secondary N) is 2. The van der Waals surface area contributed by atoms with E-state index >= 15 is 0 Å². The second-order valence-corrected chi connectivity index (χ2v) is 4.82. The van der Waals surface area contributed by atoms with Gasteiger partial charge in [-0.25, -0.2) is 0 Å². The van der Waals surface area contributed by atoms with Crippen LogP contribution in [-0.2, 0) is 0 Å². The zero-order valence-electron chi connectivity index (χ0n) is 11.5. The van der Waals surface area contributed by atoms with E-state index in [4.69, 9.17) is 0 Å². The van der Waals surface area contributed by atoms with Crippen LogP contribution in [-0.4, -0.2) is 25.5 Å². The molecule has 0 aliphatic carbocycles. The number of carbonyl (C=O) groups is 1. The molecule has 0 aromatic heterocycles. The second-order valence-electron chi connectivity index (χ2n) is 4.82. The molecule has 0 saturated carbocycles. The third-order valence-electron chi connectivity index (χ3n) is 3.26. The van der Waals surface area contributed by atoms with Crippen LogP contribution in [0.15, 0.2) is 29.8 Å². The van der Waals surface area contributed by atoms with E-state index in [0.717, 1.165) is 30.6 Å². The minimum Gasteiger partial charge on any atom is -0.348 e. The molecule has 19 heavy (non-hydrogen) atoms. The first kappa shape index (κ1) is 15.7. The molecule has 1 amide bonds. The minimum absolute atomic E-state index is 0. The second kappa shape index (κ2) is 7.31. The van der Waals surface area contributed by atoms with Crippen molar-refractivity contribution < 1.29 is 4.79 Å². The summed E-state index contributed by atoms with van der Waals surface area (Å²) in [5.74, 6) is 0.0203. The predicted molar refractivity (Wildman–Crippen MR) is 81.1 cm³/mol. The lowest BCUT2D eigenvalue weighted by Crippen LogP contribution is -2.30. The van der Waals surface area contributed by atoms with Crippen molar-refractivity contribution in [3.05, 3.63) is 46.5 Å². The molecule has 104 valence electrons. The van der Waals surface area contributed by atoms with Crippen molar-refractivity contribution in [1.82, 2.24) is 10.6 Å². The average molecular weight is 281 g/mol. The molecule has 2 N–H and O–H groups in total. The van der Waals surface area contributed by atoms with E-state index in [1.807, 2.05) is 32.0 Å². The molecule has 1 aromatic carbocycles. The highest BCUT2D eigenvalue weighted by molar-refractivity contribution is 5.95. The number of hydrogen-bond acceptors (Lipinski definition) is 2. The summed E-state index contributed by atoms with van der Waals surface area (Å²) in [6.07, 6.45) is 3.18. The number of carbonyl (C=O) groups excluding carboxylic acids is 1. The van der Waals surface area contributed by atoms with Crippen LogP contribution in [0.2, 0.25) is 0 Å². The lowest BCUT2D eigenvalue weighted by atomic mass is 10.0. The summed E-state index contributed by atoms with van der Waals surface area (Å²) in [4.78, 5) is 12.1. The molecule has 0 fully saturated rings. The quantitative estimate of drug-likeness (QED) is 0.835. The third kappa shape index (κ3) is 4.37. The van der Waals surface area contributed by atoms with Crippen molar-refractivity contribution in [1.29, 1.82) is 0 Å². The normalized spacial score (nSPS) is 14.3. The van der Waals surface area contributed by atoms with E-state index in [9.17, 15) is 4.79 Å². The van der Waals surface area contributed by atoms with E-state index in [2.05, 4.69) is 16.7 Å². The number of aryl methyl sites for hydroxylation is 2. The Hall–Kier alpha value is -1.32. The number of halogens is 1. The van der Waals surface area contributed by atoms with E-state index in [0.29, 0.717) is 6.54 Å². The van der Waals surface area contributed by atoms with Crippen molar-refractivity contribution in [2.24, 2.45) is 0 Å². The Morgan fingerprint density at radius 2 is 2.16 bits per heavy atom. The maximum absolute atomic E-state index is 12.1. The molecule has 0 bridgehead atoms. The van der Waals surface area contributed by atoms with Gasteiger partial charge < -0.3 is 10.6 Å². The van der Waals surface area contributed by atoms with Gasteiger partial charge in [0.2, 0.25) is 0 Å². The van der Waals surface area contributed by atoms with Gasteiger partial charge in [-0.05, 0) is 38.4 Å². The van der Waals surface area contributed by atoms with Gasteiger partial charge in [0.1, 0.15) is 0 Å². The molecule has 0 unspecified atom stereocenters. The SMILES string of the molecule is Cc1ccc(C(=O)NCC2=CCNCC2)c(C)c1.Cl. The zero-order chi connectivity index (χ0) is 13.0. The number of hydrogen-bond donors (Lipinski definition) is 2. The molecule has 1 heterocycles. The Bertz CT molecular complexity index is 483. The van der Waals surface area contributed by atoms with Crippen molar-refractivity contribution in [2.45, 2.75) is 20.3 Å². The Morgan fingerprint density at radius 1 is 1.37 bits per heavy atom. The summed E-state index contributed by atoms with van der Waals surface area (Å²) in [5.41, 5.74) is 4.30. The topological polar surface area (TPSA) is 41.1 Å². The first-order valence-corrected chi connectivity index (χ1v) is 6.41. The average Bonchev–Trinajstić information content (AvgIpc) is 2.37. The maximum Gasteiger partial charge on any atom is 0.251 e. The van der Waals surface area contributed by atoms with Gasteiger partial charge >= 0.3 is 0 Å². The zero-order valence-corrected chi connectivity index (χ0v) is 12.3. The smallest absolute Gasteiger partial charge is 0.251 e. The first-order chi connectivity index (χ1) is 8.66. The van der Waals surface area contributed by atoms with Gasteiger partial charge in [0, 0.05) is 18.7 Å². The summed E-state index contributed by atoms with van der Waals surface area (Å²) < 4.78 is 0. The van der Waals surface area contributed by atoms with E-state index in [1.165, 1.54) is 11.1 Å². The van der Waals surface area contributed by atoms with Crippen molar-refractivity contribution >= 4 is 18.3 Å². The number of amides is 1. The molecule has 1 aliphatic rings. The van der Waals surface area contributed by atoms with E-state index in [1.54, 1.807) is 0 Å². The Labute approximate surface area is 120 Å². The highest BCUT2D eigenvalue weighted by Crippen LogP contribution is 2.11. The standard InChI is InChI=1S/C15H20N2O.ClH/c1-11-3-4-14(12(2)9-11)15(18)17-10-13-5-7-16-8-6-13;/h3-5,9,16H,6-8,10H2,1-2H3,(H,17,18);1H.